The van der Waals surface area contributed by atoms with Gasteiger partial charge < -0.3 is 9.47 Å². The summed E-state index contributed by atoms with van der Waals surface area (Å²) in [6.07, 6.45) is 10.2. The third kappa shape index (κ3) is 2.84. The van der Waals surface area contributed by atoms with Crippen molar-refractivity contribution in [3.05, 3.63) is 41.7 Å². The zero-order valence-electron chi connectivity index (χ0n) is 13.8. The average Bonchev–Trinajstić information content (AvgIpc) is 3.30. The molecule has 1 fully saturated rings. The molecule has 0 atom stereocenters. The highest BCUT2D eigenvalue weighted by Crippen LogP contribution is 2.27. The van der Waals surface area contributed by atoms with Gasteiger partial charge in [0.25, 0.3) is 0 Å². The minimum absolute atomic E-state index is 0.179. The normalized spacial score (nSPS) is 16.1. The van der Waals surface area contributed by atoms with Gasteiger partial charge in [-0.05, 0) is 19.8 Å². The molecule has 4 rings (SSSR count). The van der Waals surface area contributed by atoms with E-state index < -0.39 is 0 Å². The number of rotatable bonds is 4. The van der Waals surface area contributed by atoms with E-state index in [1.807, 2.05) is 39.5 Å². The van der Waals surface area contributed by atoms with E-state index in [0.29, 0.717) is 12.3 Å². The number of hydrogen-bond acceptors (Lipinski definition) is 4. The summed E-state index contributed by atoms with van der Waals surface area (Å²) in [5.74, 6) is 1.80. The minimum atomic E-state index is 0.179. The molecule has 3 aromatic heterocycles. The van der Waals surface area contributed by atoms with Crippen LogP contribution in [0.25, 0.3) is 4.96 Å². The number of piperidine rings is 1. The lowest BCUT2D eigenvalue weighted by Gasteiger charge is -2.31. The van der Waals surface area contributed by atoms with Crippen LogP contribution in [0.4, 0.5) is 0 Å². The Bertz CT molecular complexity index is 812. The smallest absolute Gasteiger partial charge is 0.228 e. The van der Waals surface area contributed by atoms with E-state index in [1.54, 1.807) is 11.3 Å². The molecule has 1 saturated heterocycles. The van der Waals surface area contributed by atoms with Crippen molar-refractivity contribution >= 4 is 22.2 Å². The monoisotopic (exact) mass is 343 g/mol. The summed E-state index contributed by atoms with van der Waals surface area (Å²) >= 11 is 1.59. The van der Waals surface area contributed by atoms with Crippen molar-refractivity contribution in [3.8, 4) is 0 Å². The fourth-order valence-corrected chi connectivity index (χ4v) is 4.18. The van der Waals surface area contributed by atoms with Gasteiger partial charge in [0, 0.05) is 55.7 Å². The van der Waals surface area contributed by atoms with Crippen molar-refractivity contribution in [1.82, 2.24) is 23.8 Å². The first kappa shape index (κ1) is 15.4. The summed E-state index contributed by atoms with van der Waals surface area (Å²) in [7, 11) is 0. The maximum atomic E-state index is 12.5. The van der Waals surface area contributed by atoms with Crippen molar-refractivity contribution in [2.24, 2.45) is 0 Å². The number of fused-ring (bicyclic) bond motifs is 1. The Morgan fingerprint density at radius 2 is 2.17 bits per heavy atom. The van der Waals surface area contributed by atoms with E-state index in [0.717, 1.165) is 43.1 Å². The van der Waals surface area contributed by atoms with E-state index in [1.165, 1.54) is 5.82 Å². The summed E-state index contributed by atoms with van der Waals surface area (Å²) in [5, 5.41) is 2.00. The second kappa shape index (κ2) is 6.39. The van der Waals surface area contributed by atoms with Gasteiger partial charge in [0.2, 0.25) is 5.91 Å². The van der Waals surface area contributed by atoms with E-state index in [4.69, 9.17) is 0 Å². The zero-order chi connectivity index (χ0) is 16.5. The SMILES string of the molecule is CCn1ccnc1C1CCN(C(=O)Cc2cn3ccsc3n2)CC1. The van der Waals surface area contributed by atoms with Crippen molar-refractivity contribution in [1.29, 1.82) is 0 Å². The van der Waals surface area contributed by atoms with Crippen molar-refractivity contribution in [3.63, 3.8) is 0 Å². The van der Waals surface area contributed by atoms with Gasteiger partial charge in [-0.25, -0.2) is 9.97 Å². The van der Waals surface area contributed by atoms with Gasteiger partial charge in [-0.3, -0.25) is 9.20 Å². The fraction of sp³-hybridized carbons (Fsp3) is 0.471. The van der Waals surface area contributed by atoms with Crippen LogP contribution in [0.1, 0.15) is 37.2 Å². The van der Waals surface area contributed by atoms with Gasteiger partial charge in [0.05, 0.1) is 12.1 Å². The highest BCUT2D eigenvalue weighted by atomic mass is 32.1. The Morgan fingerprint density at radius 3 is 2.92 bits per heavy atom. The minimum Gasteiger partial charge on any atom is -0.342 e. The largest absolute Gasteiger partial charge is 0.342 e. The molecule has 3 aromatic rings. The molecule has 0 aliphatic carbocycles. The van der Waals surface area contributed by atoms with Crippen LogP contribution in [0.3, 0.4) is 0 Å². The van der Waals surface area contributed by atoms with Crippen LogP contribution >= 0.6 is 11.3 Å². The molecule has 0 saturated carbocycles. The lowest BCUT2D eigenvalue weighted by atomic mass is 9.95. The van der Waals surface area contributed by atoms with Crippen molar-refractivity contribution < 1.29 is 4.79 Å². The number of amides is 1. The standard InChI is InChI=1S/C17H21N5OS/c1-2-20-8-5-18-16(20)13-3-6-21(7-4-13)15(23)11-14-12-22-9-10-24-17(22)19-14/h5,8-10,12-13H,2-4,6-7,11H2,1H3. The Balaban J connectivity index is 1.36. The molecule has 0 aromatic carbocycles. The van der Waals surface area contributed by atoms with E-state index in [2.05, 4.69) is 21.5 Å². The molecule has 1 amide bonds. The number of likely N-dealkylation sites (tertiary alicyclic amines) is 1. The Kier molecular flexibility index (Phi) is 4.10. The first-order valence-electron chi connectivity index (χ1n) is 8.44. The zero-order valence-corrected chi connectivity index (χ0v) is 14.6. The van der Waals surface area contributed by atoms with Crippen LogP contribution in [0, 0.1) is 0 Å². The molecular formula is C17H21N5OS. The van der Waals surface area contributed by atoms with Crippen LogP contribution in [0.5, 0.6) is 0 Å². The highest BCUT2D eigenvalue weighted by Gasteiger charge is 2.26. The fourth-order valence-electron chi connectivity index (χ4n) is 3.46. The second-order valence-corrected chi connectivity index (χ2v) is 7.10. The van der Waals surface area contributed by atoms with Gasteiger partial charge in [-0.15, -0.1) is 11.3 Å². The average molecular weight is 343 g/mol. The maximum absolute atomic E-state index is 12.5. The predicted octanol–water partition coefficient (Wildman–Crippen LogP) is 2.56. The first-order chi connectivity index (χ1) is 11.7. The van der Waals surface area contributed by atoms with E-state index in [-0.39, 0.29) is 5.91 Å². The molecule has 4 heterocycles. The van der Waals surface area contributed by atoms with Gasteiger partial charge in [-0.1, -0.05) is 0 Å². The number of hydrogen-bond donors (Lipinski definition) is 0. The Hall–Kier alpha value is -2.15. The van der Waals surface area contributed by atoms with Gasteiger partial charge in [-0.2, -0.15) is 0 Å². The molecule has 7 heteroatoms. The predicted molar refractivity (Wildman–Crippen MR) is 93.2 cm³/mol. The third-order valence-corrected chi connectivity index (χ3v) is 5.55. The molecule has 1 aliphatic heterocycles. The molecule has 24 heavy (non-hydrogen) atoms. The van der Waals surface area contributed by atoms with Gasteiger partial charge in [0.15, 0.2) is 4.96 Å². The highest BCUT2D eigenvalue weighted by molar-refractivity contribution is 7.15. The third-order valence-electron chi connectivity index (χ3n) is 4.78. The second-order valence-electron chi connectivity index (χ2n) is 6.23. The number of imidazole rings is 2. The molecule has 0 spiro atoms. The number of nitrogens with zero attached hydrogens (tertiary/aromatic N) is 5. The number of aryl methyl sites for hydroxylation is 1. The summed E-state index contributed by atoms with van der Waals surface area (Å²) in [6.45, 7) is 4.70. The van der Waals surface area contributed by atoms with Crippen LogP contribution in [-0.2, 0) is 17.8 Å². The van der Waals surface area contributed by atoms with E-state index >= 15 is 0 Å². The van der Waals surface area contributed by atoms with Crippen molar-refractivity contribution in [2.75, 3.05) is 13.1 Å². The molecule has 126 valence electrons. The summed E-state index contributed by atoms with van der Waals surface area (Å²) in [5.41, 5.74) is 0.857. The van der Waals surface area contributed by atoms with E-state index in [9.17, 15) is 4.79 Å². The summed E-state index contributed by atoms with van der Waals surface area (Å²) < 4.78 is 4.18. The molecule has 0 unspecified atom stereocenters. The maximum Gasteiger partial charge on any atom is 0.228 e. The molecule has 0 bridgehead atoms. The van der Waals surface area contributed by atoms with Gasteiger partial charge in [0.1, 0.15) is 5.82 Å². The molecule has 0 radical (unpaired) electrons. The summed E-state index contributed by atoms with van der Waals surface area (Å²) in [4.78, 5) is 24.5. The summed E-state index contributed by atoms with van der Waals surface area (Å²) in [6, 6.07) is 0. The van der Waals surface area contributed by atoms with Crippen LogP contribution in [0.15, 0.2) is 30.2 Å². The number of carbonyl (C=O) groups excluding carboxylic acids is 1. The van der Waals surface area contributed by atoms with Crippen LogP contribution < -0.4 is 0 Å². The Morgan fingerprint density at radius 1 is 1.33 bits per heavy atom. The number of carbonyl (C=O) groups is 1. The van der Waals surface area contributed by atoms with Crippen molar-refractivity contribution in [2.45, 2.75) is 38.6 Å². The van der Waals surface area contributed by atoms with Crippen LogP contribution in [-0.4, -0.2) is 42.8 Å². The topological polar surface area (TPSA) is 55.4 Å². The lowest BCUT2D eigenvalue weighted by Crippen LogP contribution is -2.39. The molecule has 0 N–H and O–H groups in total. The molecule has 6 nitrogen and oxygen atoms in total. The molecular weight excluding hydrogens is 322 g/mol. The Labute approximate surface area is 144 Å². The van der Waals surface area contributed by atoms with Gasteiger partial charge >= 0.3 is 0 Å². The molecule has 1 aliphatic rings. The quantitative estimate of drug-likeness (QED) is 0.731. The van der Waals surface area contributed by atoms with Crippen LogP contribution in [0.2, 0.25) is 0 Å². The number of aromatic nitrogens is 4. The lowest BCUT2D eigenvalue weighted by molar-refractivity contribution is -0.131. The first-order valence-corrected chi connectivity index (χ1v) is 9.32. The number of thiazole rings is 1.